The molecule has 0 aliphatic heterocycles. The first kappa shape index (κ1) is 17.0. The summed E-state index contributed by atoms with van der Waals surface area (Å²) < 4.78 is 5.31. The molecule has 5 heteroatoms. The zero-order valence-electron chi connectivity index (χ0n) is 13.3. The van der Waals surface area contributed by atoms with Crippen LogP contribution in [0.25, 0.3) is 0 Å². The zero-order valence-corrected chi connectivity index (χ0v) is 13.3. The lowest BCUT2D eigenvalue weighted by Crippen LogP contribution is -2.33. The van der Waals surface area contributed by atoms with Crippen LogP contribution in [-0.2, 0) is 0 Å². The topological polar surface area (TPSA) is 49.9 Å². The number of carbonyl (C=O) groups is 2. The highest BCUT2D eigenvalue weighted by Crippen LogP contribution is 2.16. The fourth-order valence-electron chi connectivity index (χ4n) is 2.03. The van der Waals surface area contributed by atoms with Gasteiger partial charge in [-0.1, -0.05) is 6.07 Å². The second-order valence-corrected chi connectivity index (χ2v) is 4.55. The number of benzene rings is 1. The fraction of sp³-hybridized carbons (Fsp3) is 0.500. The average molecular weight is 292 g/mol. The van der Waals surface area contributed by atoms with Gasteiger partial charge in [0.15, 0.2) is 0 Å². The SMILES string of the molecule is CCN(CC)C(=O)Oc1cccc(C(=O)N(CC)CC)c1. The number of hydrogen-bond acceptors (Lipinski definition) is 3. The van der Waals surface area contributed by atoms with E-state index in [4.69, 9.17) is 4.74 Å². The Morgan fingerprint density at radius 3 is 2.05 bits per heavy atom. The first-order valence-electron chi connectivity index (χ1n) is 7.43. The molecule has 0 bridgehead atoms. The molecule has 0 fully saturated rings. The summed E-state index contributed by atoms with van der Waals surface area (Å²) in [6.07, 6.45) is -0.396. The molecule has 0 N–H and O–H groups in total. The number of hydrogen-bond donors (Lipinski definition) is 0. The molecular weight excluding hydrogens is 268 g/mol. The molecule has 0 unspecified atom stereocenters. The molecule has 5 nitrogen and oxygen atoms in total. The van der Waals surface area contributed by atoms with Crippen molar-refractivity contribution in [2.45, 2.75) is 27.7 Å². The highest BCUT2D eigenvalue weighted by Gasteiger charge is 2.15. The standard InChI is InChI=1S/C16H24N2O3/c1-5-17(6-2)15(19)13-10-9-11-14(12-13)21-16(20)18(7-3)8-4/h9-12H,5-8H2,1-4H3. The Bertz CT molecular complexity index is 480. The van der Waals surface area contributed by atoms with Gasteiger partial charge in [0.1, 0.15) is 5.75 Å². The van der Waals surface area contributed by atoms with Crippen molar-refractivity contribution in [3.05, 3.63) is 29.8 Å². The van der Waals surface area contributed by atoms with Crippen LogP contribution in [0, 0.1) is 0 Å². The van der Waals surface area contributed by atoms with E-state index in [0.29, 0.717) is 37.5 Å². The minimum absolute atomic E-state index is 0.0549. The van der Waals surface area contributed by atoms with E-state index in [1.54, 1.807) is 34.1 Å². The Labute approximate surface area is 126 Å². The van der Waals surface area contributed by atoms with E-state index in [1.165, 1.54) is 0 Å². The van der Waals surface area contributed by atoms with Gasteiger partial charge in [-0.25, -0.2) is 4.79 Å². The van der Waals surface area contributed by atoms with Crippen molar-refractivity contribution < 1.29 is 14.3 Å². The van der Waals surface area contributed by atoms with Crippen LogP contribution >= 0.6 is 0 Å². The van der Waals surface area contributed by atoms with Gasteiger partial charge in [0, 0.05) is 31.7 Å². The Balaban J connectivity index is 2.86. The molecule has 0 saturated carbocycles. The van der Waals surface area contributed by atoms with Gasteiger partial charge in [-0.2, -0.15) is 0 Å². The fourth-order valence-corrected chi connectivity index (χ4v) is 2.03. The highest BCUT2D eigenvalue weighted by atomic mass is 16.6. The van der Waals surface area contributed by atoms with E-state index in [-0.39, 0.29) is 5.91 Å². The van der Waals surface area contributed by atoms with Crippen molar-refractivity contribution >= 4 is 12.0 Å². The third kappa shape index (κ3) is 4.48. The largest absolute Gasteiger partial charge is 0.415 e. The summed E-state index contributed by atoms with van der Waals surface area (Å²) >= 11 is 0. The number of carbonyl (C=O) groups excluding carboxylic acids is 2. The molecular formula is C16H24N2O3. The van der Waals surface area contributed by atoms with Crippen LogP contribution in [0.3, 0.4) is 0 Å². The number of amides is 2. The maximum absolute atomic E-state index is 12.3. The molecule has 1 aromatic carbocycles. The van der Waals surface area contributed by atoms with E-state index in [2.05, 4.69) is 0 Å². The smallest absolute Gasteiger partial charge is 0.410 e. The van der Waals surface area contributed by atoms with Gasteiger partial charge in [0.05, 0.1) is 0 Å². The molecule has 116 valence electrons. The van der Waals surface area contributed by atoms with Crippen LogP contribution in [0.15, 0.2) is 24.3 Å². The molecule has 0 spiro atoms. The molecule has 0 saturated heterocycles. The molecule has 0 aromatic heterocycles. The summed E-state index contributed by atoms with van der Waals surface area (Å²) in [6, 6.07) is 6.75. The molecule has 1 aromatic rings. The summed E-state index contributed by atoms with van der Waals surface area (Å²) in [5, 5.41) is 0. The van der Waals surface area contributed by atoms with Gasteiger partial charge in [-0.15, -0.1) is 0 Å². The van der Waals surface area contributed by atoms with E-state index < -0.39 is 6.09 Å². The van der Waals surface area contributed by atoms with Gasteiger partial charge < -0.3 is 14.5 Å². The Hall–Kier alpha value is -2.04. The second-order valence-electron chi connectivity index (χ2n) is 4.55. The highest BCUT2D eigenvalue weighted by molar-refractivity contribution is 5.94. The van der Waals surface area contributed by atoms with Crippen molar-refractivity contribution in [3.63, 3.8) is 0 Å². The second kappa shape index (κ2) is 8.29. The average Bonchev–Trinajstić information content (AvgIpc) is 2.49. The predicted octanol–water partition coefficient (Wildman–Crippen LogP) is 3.01. The minimum atomic E-state index is -0.396. The summed E-state index contributed by atoms with van der Waals surface area (Å²) in [5.41, 5.74) is 0.531. The first-order chi connectivity index (χ1) is 10.1. The maximum Gasteiger partial charge on any atom is 0.415 e. The molecule has 0 heterocycles. The van der Waals surface area contributed by atoms with Crippen LogP contribution in [-0.4, -0.2) is 48.0 Å². The molecule has 21 heavy (non-hydrogen) atoms. The Morgan fingerprint density at radius 1 is 0.952 bits per heavy atom. The van der Waals surface area contributed by atoms with Crippen molar-refractivity contribution in [3.8, 4) is 5.75 Å². The van der Waals surface area contributed by atoms with Crippen molar-refractivity contribution in [2.75, 3.05) is 26.2 Å². The van der Waals surface area contributed by atoms with Crippen LogP contribution in [0.2, 0.25) is 0 Å². The van der Waals surface area contributed by atoms with Crippen LogP contribution in [0.4, 0.5) is 4.79 Å². The van der Waals surface area contributed by atoms with Crippen molar-refractivity contribution in [1.82, 2.24) is 9.80 Å². The van der Waals surface area contributed by atoms with E-state index in [9.17, 15) is 9.59 Å². The van der Waals surface area contributed by atoms with Gasteiger partial charge in [-0.05, 0) is 45.9 Å². The molecule has 2 amide bonds. The van der Waals surface area contributed by atoms with E-state index in [1.807, 2.05) is 27.7 Å². The lowest BCUT2D eigenvalue weighted by Gasteiger charge is -2.20. The van der Waals surface area contributed by atoms with Gasteiger partial charge in [-0.3, -0.25) is 4.79 Å². The van der Waals surface area contributed by atoms with Crippen LogP contribution in [0.1, 0.15) is 38.1 Å². The third-order valence-corrected chi connectivity index (χ3v) is 3.36. The maximum atomic E-state index is 12.3. The normalized spacial score (nSPS) is 10.1. The van der Waals surface area contributed by atoms with E-state index in [0.717, 1.165) is 0 Å². The van der Waals surface area contributed by atoms with Gasteiger partial charge in [0.2, 0.25) is 0 Å². The van der Waals surface area contributed by atoms with Gasteiger partial charge in [0.25, 0.3) is 5.91 Å². The van der Waals surface area contributed by atoms with Crippen molar-refractivity contribution in [1.29, 1.82) is 0 Å². The number of ether oxygens (including phenoxy) is 1. The summed E-state index contributed by atoms with van der Waals surface area (Å²) in [5.74, 6) is 0.339. The molecule has 0 atom stereocenters. The molecule has 0 aliphatic rings. The van der Waals surface area contributed by atoms with E-state index >= 15 is 0 Å². The summed E-state index contributed by atoms with van der Waals surface area (Å²) in [7, 11) is 0. The zero-order chi connectivity index (χ0) is 15.8. The quantitative estimate of drug-likeness (QED) is 0.810. The monoisotopic (exact) mass is 292 g/mol. The lowest BCUT2D eigenvalue weighted by molar-refractivity contribution is 0.0772. The molecule has 1 rings (SSSR count). The minimum Gasteiger partial charge on any atom is -0.410 e. The number of nitrogens with zero attached hydrogens (tertiary/aromatic N) is 2. The molecule has 0 radical (unpaired) electrons. The lowest BCUT2D eigenvalue weighted by atomic mass is 10.2. The predicted molar refractivity (Wildman–Crippen MR) is 82.6 cm³/mol. The molecule has 0 aliphatic carbocycles. The summed E-state index contributed by atoms with van der Waals surface area (Å²) in [4.78, 5) is 27.5. The van der Waals surface area contributed by atoms with Crippen molar-refractivity contribution in [2.24, 2.45) is 0 Å². The van der Waals surface area contributed by atoms with Crippen LogP contribution < -0.4 is 4.74 Å². The first-order valence-corrected chi connectivity index (χ1v) is 7.43. The van der Waals surface area contributed by atoms with Gasteiger partial charge >= 0.3 is 6.09 Å². The Morgan fingerprint density at radius 2 is 1.52 bits per heavy atom. The Kier molecular flexibility index (Phi) is 6.72. The van der Waals surface area contributed by atoms with Crippen LogP contribution in [0.5, 0.6) is 5.75 Å². The number of rotatable bonds is 6. The summed E-state index contributed by atoms with van der Waals surface area (Å²) in [6.45, 7) is 10.1. The third-order valence-electron chi connectivity index (χ3n) is 3.36.